The first-order chi connectivity index (χ1) is 9.15. The Kier molecular flexibility index (Phi) is 4.48. The normalized spacial score (nSPS) is 12.2. The SMILES string of the molecule is CCC(C(=O)c1cccc(Br)c1F)c1ccccc1. The molecule has 0 saturated heterocycles. The highest BCUT2D eigenvalue weighted by Gasteiger charge is 2.23. The molecule has 1 atom stereocenters. The van der Waals surface area contributed by atoms with Crippen LogP contribution >= 0.6 is 15.9 Å². The van der Waals surface area contributed by atoms with E-state index in [1.165, 1.54) is 6.07 Å². The Morgan fingerprint density at radius 3 is 2.47 bits per heavy atom. The Balaban J connectivity index is 2.39. The van der Waals surface area contributed by atoms with Crippen LogP contribution in [-0.2, 0) is 0 Å². The van der Waals surface area contributed by atoms with Gasteiger partial charge >= 0.3 is 0 Å². The minimum Gasteiger partial charge on any atom is -0.293 e. The van der Waals surface area contributed by atoms with Crippen molar-refractivity contribution in [2.45, 2.75) is 19.3 Å². The molecule has 0 aliphatic rings. The Hall–Kier alpha value is -1.48. The summed E-state index contributed by atoms with van der Waals surface area (Å²) < 4.78 is 14.3. The molecule has 1 nitrogen and oxygen atoms in total. The average molecular weight is 321 g/mol. The van der Waals surface area contributed by atoms with Gasteiger partial charge in [-0.05, 0) is 40.0 Å². The molecule has 0 saturated carbocycles. The summed E-state index contributed by atoms with van der Waals surface area (Å²) in [6.07, 6.45) is 0.648. The predicted octanol–water partition coefficient (Wildman–Crippen LogP) is 4.96. The zero-order valence-corrected chi connectivity index (χ0v) is 12.2. The molecule has 0 fully saturated rings. The van der Waals surface area contributed by atoms with Gasteiger partial charge in [-0.15, -0.1) is 0 Å². The number of rotatable bonds is 4. The third-order valence-corrected chi connectivity index (χ3v) is 3.76. The second-order valence-corrected chi connectivity index (χ2v) is 5.19. The predicted molar refractivity (Wildman–Crippen MR) is 77.9 cm³/mol. The minimum absolute atomic E-state index is 0.144. The average Bonchev–Trinajstić information content (AvgIpc) is 2.44. The van der Waals surface area contributed by atoms with Gasteiger partial charge in [0, 0.05) is 5.92 Å². The van der Waals surface area contributed by atoms with E-state index in [1.54, 1.807) is 12.1 Å². The molecule has 0 N–H and O–H groups in total. The molecule has 1 unspecified atom stereocenters. The number of halogens is 2. The van der Waals surface area contributed by atoms with Gasteiger partial charge in [0.15, 0.2) is 5.78 Å². The van der Waals surface area contributed by atoms with Gasteiger partial charge in [-0.25, -0.2) is 4.39 Å². The summed E-state index contributed by atoms with van der Waals surface area (Å²) in [5.74, 6) is -0.959. The molecule has 0 spiro atoms. The first-order valence-electron chi connectivity index (χ1n) is 6.18. The number of carbonyl (C=O) groups excluding carboxylic acids is 1. The number of carbonyl (C=O) groups is 1. The maximum absolute atomic E-state index is 14.0. The molecule has 0 aromatic heterocycles. The van der Waals surface area contributed by atoms with E-state index in [0.717, 1.165) is 5.56 Å². The maximum Gasteiger partial charge on any atom is 0.173 e. The minimum atomic E-state index is -0.484. The molecule has 0 radical (unpaired) electrons. The van der Waals surface area contributed by atoms with Crippen molar-refractivity contribution < 1.29 is 9.18 Å². The van der Waals surface area contributed by atoms with Crippen molar-refractivity contribution in [3.05, 3.63) is 69.9 Å². The summed E-state index contributed by atoms with van der Waals surface area (Å²) in [5, 5.41) is 0. The van der Waals surface area contributed by atoms with Crippen molar-refractivity contribution in [3.8, 4) is 0 Å². The summed E-state index contributed by atoms with van der Waals surface area (Å²) in [7, 11) is 0. The molecule has 19 heavy (non-hydrogen) atoms. The van der Waals surface area contributed by atoms with Crippen LogP contribution in [0.1, 0.15) is 35.2 Å². The molecular weight excluding hydrogens is 307 g/mol. The standard InChI is InChI=1S/C16H14BrFO/c1-2-12(11-7-4-3-5-8-11)16(19)13-9-6-10-14(17)15(13)18/h3-10,12H,2H2,1H3. The molecular formula is C16H14BrFO. The topological polar surface area (TPSA) is 17.1 Å². The van der Waals surface area contributed by atoms with Crippen LogP contribution in [0.4, 0.5) is 4.39 Å². The van der Waals surface area contributed by atoms with Crippen molar-refractivity contribution in [1.82, 2.24) is 0 Å². The van der Waals surface area contributed by atoms with Gasteiger partial charge in [0.1, 0.15) is 5.82 Å². The fourth-order valence-electron chi connectivity index (χ4n) is 2.14. The van der Waals surface area contributed by atoms with Gasteiger partial charge in [0.25, 0.3) is 0 Å². The fraction of sp³-hybridized carbons (Fsp3) is 0.188. The molecule has 0 aliphatic carbocycles. The van der Waals surface area contributed by atoms with Crippen molar-refractivity contribution in [3.63, 3.8) is 0 Å². The van der Waals surface area contributed by atoms with Crippen molar-refractivity contribution in [2.75, 3.05) is 0 Å². The van der Waals surface area contributed by atoms with Crippen molar-refractivity contribution in [1.29, 1.82) is 0 Å². The van der Waals surface area contributed by atoms with Gasteiger partial charge in [0.05, 0.1) is 10.0 Å². The van der Waals surface area contributed by atoms with E-state index < -0.39 is 5.82 Å². The van der Waals surface area contributed by atoms with E-state index in [0.29, 0.717) is 10.9 Å². The molecule has 0 amide bonds. The summed E-state index contributed by atoms with van der Waals surface area (Å²) in [6.45, 7) is 1.94. The zero-order valence-electron chi connectivity index (χ0n) is 10.6. The highest BCUT2D eigenvalue weighted by atomic mass is 79.9. The summed E-state index contributed by atoms with van der Waals surface area (Å²) in [5.41, 5.74) is 1.07. The lowest BCUT2D eigenvalue weighted by Gasteiger charge is -2.15. The van der Waals surface area contributed by atoms with Gasteiger partial charge in [-0.3, -0.25) is 4.79 Å². The Morgan fingerprint density at radius 1 is 1.16 bits per heavy atom. The Labute approximate surface area is 120 Å². The van der Waals surface area contributed by atoms with Crippen LogP contribution in [-0.4, -0.2) is 5.78 Å². The highest BCUT2D eigenvalue weighted by Crippen LogP contribution is 2.27. The quantitative estimate of drug-likeness (QED) is 0.727. The number of hydrogen-bond acceptors (Lipinski definition) is 1. The fourth-order valence-corrected chi connectivity index (χ4v) is 2.51. The van der Waals surface area contributed by atoms with Gasteiger partial charge in [-0.2, -0.15) is 0 Å². The number of benzene rings is 2. The van der Waals surface area contributed by atoms with E-state index in [9.17, 15) is 9.18 Å². The molecule has 0 aliphatic heterocycles. The first-order valence-corrected chi connectivity index (χ1v) is 6.97. The first kappa shape index (κ1) is 13.9. The van der Waals surface area contributed by atoms with Gasteiger partial charge in [-0.1, -0.05) is 43.3 Å². The molecule has 3 heteroatoms. The van der Waals surface area contributed by atoms with Crippen LogP contribution in [0.15, 0.2) is 53.0 Å². The van der Waals surface area contributed by atoms with Crippen LogP contribution in [0.25, 0.3) is 0 Å². The molecule has 2 aromatic carbocycles. The van der Waals surface area contributed by atoms with Crippen LogP contribution in [0.2, 0.25) is 0 Å². The van der Waals surface area contributed by atoms with Crippen LogP contribution in [0.5, 0.6) is 0 Å². The largest absolute Gasteiger partial charge is 0.293 e. The van der Waals surface area contributed by atoms with Crippen molar-refractivity contribution in [2.24, 2.45) is 0 Å². The number of Topliss-reactive ketones (excluding diaryl/α,β-unsaturated/α-hetero) is 1. The van der Waals surface area contributed by atoms with Crippen LogP contribution < -0.4 is 0 Å². The second kappa shape index (κ2) is 6.11. The van der Waals surface area contributed by atoms with Crippen molar-refractivity contribution >= 4 is 21.7 Å². The zero-order chi connectivity index (χ0) is 13.8. The number of hydrogen-bond donors (Lipinski definition) is 0. The van der Waals surface area contributed by atoms with E-state index in [4.69, 9.17) is 0 Å². The van der Waals surface area contributed by atoms with E-state index in [2.05, 4.69) is 15.9 Å². The maximum atomic E-state index is 14.0. The molecule has 0 bridgehead atoms. The van der Waals surface area contributed by atoms with E-state index in [-0.39, 0.29) is 17.3 Å². The smallest absolute Gasteiger partial charge is 0.173 e. The Morgan fingerprint density at radius 2 is 1.84 bits per heavy atom. The van der Waals surface area contributed by atoms with Crippen LogP contribution in [0, 0.1) is 5.82 Å². The van der Waals surface area contributed by atoms with E-state index in [1.807, 2.05) is 37.3 Å². The lowest BCUT2D eigenvalue weighted by molar-refractivity contribution is 0.0953. The van der Waals surface area contributed by atoms with Crippen LogP contribution in [0.3, 0.4) is 0 Å². The second-order valence-electron chi connectivity index (χ2n) is 4.34. The summed E-state index contributed by atoms with van der Waals surface area (Å²) >= 11 is 3.11. The molecule has 0 heterocycles. The van der Waals surface area contributed by atoms with Gasteiger partial charge in [0.2, 0.25) is 0 Å². The lowest BCUT2D eigenvalue weighted by atomic mass is 9.88. The summed E-state index contributed by atoms with van der Waals surface area (Å²) in [4.78, 5) is 12.5. The number of ketones is 1. The third-order valence-electron chi connectivity index (χ3n) is 3.14. The third kappa shape index (κ3) is 2.92. The van der Waals surface area contributed by atoms with E-state index >= 15 is 0 Å². The lowest BCUT2D eigenvalue weighted by Crippen LogP contribution is -2.14. The molecule has 2 rings (SSSR count). The molecule has 98 valence electrons. The summed E-state index contributed by atoms with van der Waals surface area (Å²) in [6, 6.07) is 14.3. The Bertz CT molecular complexity index is 581. The molecule has 2 aromatic rings. The monoisotopic (exact) mass is 320 g/mol. The highest BCUT2D eigenvalue weighted by molar-refractivity contribution is 9.10. The van der Waals surface area contributed by atoms with Gasteiger partial charge < -0.3 is 0 Å².